The van der Waals surface area contributed by atoms with Gasteiger partial charge in [-0.2, -0.15) is 0 Å². The molecule has 1 aromatic carbocycles. The predicted octanol–water partition coefficient (Wildman–Crippen LogP) is 4.16. The molecule has 0 unspecified atom stereocenters. The summed E-state index contributed by atoms with van der Waals surface area (Å²) in [5.74, 6) is -0.241. The van der Waals surface area contributed by atoms with Gasteiger partial charge in [-0.1, -0.05) is 13.8 Å². The van der Waals surface area contributed by atoms with E-state index in [1.807, 2.05) is 13.0 Å². The Kier molecular flexibility index (Phi) is 4.78. The lowest BCUT2D eigenvalue weighted by molar-refractivity contribution is 0.157. The maximum absolute atomic E-state index is 13.5. The molecule has 0 aliphatic rings. The monoisotopic (exact) mass is 290 g/mol. The molecule has 0 radical (unpaired) electrons. The van der Waals surface area contributed by atoms with Crippen LogP contribution in [0.3, 0.4) is 0 Å². The molecule has 0 saturated heterocycles. The van der Waals surface area contributed by atoms with Crippen molar-refractivity contribution in [3.8, 4) is 0 Å². The number of methoxy groups -OCH3 is 1. The van der Waals surface area contributed by atoms with E-state index in [1.54, 1.807) is 13.2 Å². The lowest BCUT2D eigenvalue weighted by atomic mass is 9.89. The average molecular weight is 290 g/mol. The quantitative estimate of drug-likeness (QED) is 0.867. The van der Waals surface area contributed by atoms with Gasteiger partial charge >= 0.3 is 0 Å². The summed E-state index contributed by atoms with van der Waals surface area (Å²) in [6.45, 7) is 7.86. The number of ether oxygens (including phenoxy) is 1. The molecule has 0 spiro atoms. The molecule has 0 fully saturated rings. The Bertz CT molecular complexity index is 625. The number of hydrogen-bond acceptors (Lipinski definition) is 3. The van der Waals surface area contributed by atoms with Gasteiger partial charge in [0.25, 0.3) is 0 Å². The Labute approximate surface area is 125 Å². The van der Waals surface area contributed by atoms with Gasteiger partial charge in [0, 0.05) is 37.0 Å². The van der Waals surface area contributed by atoms with Crippen LogP contribution in [0.2, 0.25) is 0 Å². The Morgan fingerprint density at radius 1 is 1.29 bits per heavy atom. The van der Waals surface area contributed by atoms with Crippen molar-refractivity contribution in [1.29, 1.82) is 0 Å². The van der Waals surface area contributed by atoms with E-state index in [0.717, 1.165) is 41.9 Å². The molecule has 0 bridgehead atoms. The minimum absolute atomic E-state index is 0.104. The average Bonchev–Trinajstić information content (AvgIpc) is 2.43. The Morgan fingerprint density at radius 3 is 2.76 bits per heavy atom. The number of fused-ring (bicyclic) bond motifs is 1. The highest BCUT2D eigenvalue weighted by Gasteiger charge is 2.18. The van der Waals surface area contributed by atoms with Crippen LogP contribution in [0.1, 0.15) is 26.0 Å². The minimum Gasteiger partial charge on any atom is -0.385 e. The second-order valence-corrected chi connectivity index (χ2v) is 6.23. The van der Waals surface area contributed by atoms with Crippen molar-refractivity contribution < 1.29 is 9.13 Å². The van der Waals surface area contributed by atoms with Crippen molar-refractivity contribution in [1.82, 2.24) is 4.98 Å². The zero-order chi connectivity index (χ0) is 15.5. The minimum atomic E-state index is -0.241. The first-order valence-electron chi connectivity index (χ1n) is 7.21. The van der Waals surface area contributed by atoms with Gasteiger partial charge in [0.15, 0.2) is 0 Å². The van der Waals surface area contributed by atoms with Crippen LogP contribution in [0.15, 0.2) is 24.3 Å². The molecule has 0 aliphatic carbocycles. The number of aryl methyl sites for hydroxylation is 1. The molecule has 0 aliphatic heterocycles. The highest BCUT2D eigenvalue weighted by molar-refractivity contribution is 5.91. The van der Waals surface area contributed by atoms with Crippen LogP contribution < -0.4 is 5.32 Å². The maximum atomic E-state index is 13.5. The predicted molar refractivity (Wildman–Crippen MR) is 85.2 cm³/mol. The summed E-state index contributed by atoms with van der Waals surface area (Å²) < 4.78 is 18.6. The smallest absolute Gasteiger partial charge is 0.124 e. The molecule has 1 aromatic heterocycles. The Balaban J connectivity index is 2.23. The molecule has 114 valence electrons. The van der Waals surface area contributed by atoms with Crippen molar-refractivity contribution in [2.24, 2.45) is 5.41 Å². The molecule has 0 saturated carbocycles. The van der Waals surface area contributed by atoms with Crippen LogP contribution in [0.25, 0.3) is 10.9 Å². The number of hydrogen-bond donors (Lipinski definition) is 1. The summed E-state index contributed by atoms with van der Waals surface area (Å²) in [6.07, 6.45) is 0.965. The van der Waals surface area contributed by atoms with E-state index in [4.69, 9.17) is 4.74 Å². The van der Waals surface area contributed by atoms with E-state index in [-0.39, 0.29) is 11.2 Å². The number of halogens is 1. The van der Waals surface area contributed by atoms with E-state index < -0.39 is 0 Å². The number of nitrogens with zero attached hydrogens (tertiary/aromatic N) is 1. The summed E-state index contributed by atoms with van der Waals surface area (Å²) in [4.78, 5) is 4.44. The SMILES string of the molecule is COCCC(C)(C)CNc1cc(C)nc2ccc(F)cc12. The molecule has 0 atom stereocenters. The zero-order valence-electron chi connectivity index (χ0n) is 13.2. The van der Waals surface area contributed by atoms with Crippen LogP contribution in [0.4, 0.5) is 10.1 Å². The molecule has 1 N–H and O–H groups in total. The van der Waals surface area contributed by atoms with Gasteiger partial charge in [-0.05, 0) is 43.0 Å². The van der Waals surface area contributed by atoms with Gasteiger partial charge in [0.05, 0.1) is 5.52 Å². The second-order valence-electron chi connectivity index (χ2n) is 6.23. The van der Waals surface area contributed by atoms with Crippen molar-refractivity contribution in [2.75, 3.05) is 25.6 Å². The normalized spacial score (nSPS) is 11.9. The number of nitrogens with one attached hydrogen (secondary N) is 1. The Hall–Kier alpha value is -1.68. The highest BCUT2D eigenvalue weighted by atomic mass is 19.1. The molecule has 2 aromatic rings. The Morgan fingerprint density at radius 2 is 2.05 bits per heavy atom. The van der Waals surface area contributed by atoms with Crippen molar-refractivity contribution in [3.63, 3.8) is 0 Å². The fourth-order valence-electron chi connectivity index (χ4n) is 2.28. The number of anilines is 1. The van der Waals surface area contributed by atoms with Gasteiger partial charge in [0.1, 0.15) is 5.82 Å². The molecule has 4 heteroatoms. The number of rotatable bonds is 6. The van der Waals surface area contributed by atoms with E-state index in [0.29, 0.717) is 0 Å². The summed E-state index contributed by atoms with van der Waals surface area (Å²) in [7, 11) is 1.71. The molecule has 1 heterocycles. The highest BCUT2D eigenvalue weighted by Crippen LogP contribution is 2.27. The number of pyridine rings is 1. The van der Waals surface area contributed by atoms with Crippen molar-refractivity contribution in [2.45, 2.75) is 27.2 Å². The lowest BCUT2D eigenvalue weighted by Gasteiger charge is -2.25. The lowest BCUT2D eigenvalue weighted by Crippen LogP contribution is -2.24. The summed E-state index contributed by atoms with van der Waals surface area (Å²) in [6, 6.07) is 6.67. The molecule has 0 amide bonds. The van der Waals surface area contributed by atoms with Gasteiger partial charge in [0.2, 0.25) is 0 Å². The first-order valence-corrected chi connectivity index (χ1v) is 7.21. The van der Waals surface area contributed by atoms with Gasteiger partial charge in [-0.3, -0.25) is 4.98 Å². The third kappa shape index (κ3) is 4.14. The number of benzene rings is 1. The third-order valence-corrected chi connectivity index (χ3v) is 3.64. The van der Waals surface area contributed by atoms with E-state index in [9.17, 15) is 4.39 Å². The standard InChI is InChI=1S/C17H23FN2O/c1-12-9-16(19-11-17(2,3)7-8-21-4)14-10-13(18)5-6-15(14)20-12/h5-6,9-10H,7-8,11H2,1-4H3,(H,19,20). The second kappa shape index (κ2) is 6.39. The van der Waals surface area contributed by atoms with Gasteiger partial charge < -0.3 is 10.1 Å². The topological polar surface area (TPSA) is 34.1 Å². The molecule has 21 heavy (non-hydrogen) atoms. The van der Waals surface area contributed by atoms with Crippen molar-refractivity contribution >= 4 is 16.6 Å². The molecular weight excluding hydrogens is 267 g/mol. The van der Waals surface area contributed by atoms with Crippen molar-refractivity contribution in [3.05, 3.63) is 35.8 Å². The van der Waals surface area contributed by atoms with E-state index in [2.05, 4.69) is 24.1 Å². The zero-order valence-corrected chi connectivity index (χ0v) is 13.2. The van der Waals surface area contributed by atoms with Crippen LogP contribution in [-0.4, -0.2) is 25.2 Å². The van der Waals surface area contributed by atoms with Crippen LogP contribution in [0, 0.1) is 18.2 Å². The van der Waals surface area contributed by atoms with Crippen LogP contribution in [0.5, 0.6) is 0 Å². The molecule has 3 nitrogen and oxygen atoms in total. The summed E-state index contributed by atoms with van der Waals surface area (Å²) >= 11 is 0. The first-order chi connectivity index (χ1) is 9.91. The molecular formula is C17H23FN2O. The maximum Gasteiger partial charge on any atom is 0.124 e. The fraction of sp³-hybridized carbons (Fsp3) is 0.471. The summed E-state index contributed by atoms with van der Waals surface area (Å²) in [5, 5.41) is 4.27. The largest absolute Gasteiger partial charge is 0.385 e. The first kappa shape index (κ1) is 15.7. The van der Waals surface area contributed by atoms with E-state index >= 15 is 0 Å². The van der Waals surface area contributed by atoms with Crippen LogP contribution in [-0.2, 0) is 4.74 Å². The third-order valence-electron chi connectivity index (χ3n) is 3.64. The molecule has 2 rings (SSSR count). The van der Waals surface area contributed by atoms with Gasteiger partial charge in [-0.25, -0.2) is 4.39 Å². The summed E-state index contributed by atoms with van der Waals surface area (Å²) in [5.41, 5.74) is 2.77. The fourth-order valence-corrected chi connectivity index (χ4v) is 2.28. The van der Waals surface area contributed by atoms with E-state index in [1.165, 1.54) is 12.1 Å². The van der Waals surface area contributed by atoms with Crippen LogP contribution >= 0.6 is 0 Å². The van der Waals surface area contributed by atoms with Gasteiger partial charge in [-0.15, -0.1) is 0 Å². The number of aromatic nitrogens is 1.